The Labute approximate surface area is 144 Å². The number of halogens is 4. The number of allylic oxidation sites excluding steroid dienone is 1. The normalized spacial score (nSPS) is 25.0. The standard InChI is InChI=1S/C15H13ClF3N3OS/c1-24(23)14-20-12(16)11-3-2-8-22(13(11)21-14)10-6-4-9(5-7-10)15(17,18)19/h2,4-8,11,13H,3H2,1H3. The molecule has 2 heterocycles. The number of hydrogen-bond donors (Lipinski definition) is 0. The molecule has 128 valence electrons. The lowest BCUT2D eigenvalue weighted by molar-refractivity contribution is -0.137. The van der Waals surface area contributed by atoms with E-state index in [4.69, 9.17) is 11.6 Å². The van der Waals surface area contributed by atoms with E-state index in [0.717, 1.165) is 12.1 Å². The molecule has 24 heavy (non-hydrogen) atoms. The third-order valence-electron chi connectivity index (χ3n) is 3.80. The molecule has 0 bridgehead atoms. The molecular weight excluding hydrogens is 363 g/mol. The average Bonchev–Trinajstić information content (AvgIpc) is 2.53. The molecule has 1 aromatic rings. The van der Waals surface area contributed by atoms with Crippen LogP contribution in [-0.4, -0.2) is 27.0 Å². The monoisotopic (exact) mass is 375 g/mol. The van der Waals surface area contributed by atoms with Crippen molar-refractivity contribution >= 4 is 38.4 Å². The molecule has 0 aromatic heterocycles. The highest BCUT2D eigenvalue weighted by Gasteiger charge is 2.36. The van der Waals surface area contributed by atoms with Crippen molar-refractivity contribution in [3.8, 4) is 0 Å². The van der Waals surface area contributed by atoms with E-state index in [0.29, 0.717) is 17.3 Å². The lowest BCUT2D eigenvalue weighted by atomic mass is 9.97. The number of alkyl halides is 3. The van der Waals surface area contributed by atoms with Gasteiger partial charge >= 0.3 is 6.18 Å². The summed E-state index contributed by atoms with van der Waals surface area (Å²) >= 11 is 6.19. The van der Waals surface area contributed by atoms with Gasteiger partial charge in [-0.15, -0.1) is 0 Å². The SMILES string of the molecule is CS(=O)C1=NC2C(CC=CN2c2ccc(C(F)(F)F)cc2)C(Cl)=N1. The number of anilines is 1. The summed E-state index contributed by atoms with van der Waals surface area (Å²) in [4.78, 5) is 10.2. The van der Waals surface area contributed by atoms with Gasteiger partial charge in [-0.2, -0.15) is 13.2 Å². The van der Waals surface area contributed by atoms with Crippen LogP contribution in [0.15, 0.2) is 46.5 Å². The van der Waals surface area contributed by atoms with Gasteiger partial charge in [-0.1, -0.05) is 17.7 Å². The zero-order valence-corrected chi connectivity index (χ0v) is 14.1. The van der Waals surface area contributed by atoms with Gasteiger partial charge in [-0.3, -0.25) is 4.21 Å². The largest absolute Gasteiger partial charge is 0.416 e. The number of nitrogens with zero attached hydrogens (tertiary/aromatic N) is 3. The number of hydrogen-bond acceptors (Lipinski definition) is 4. The molecule has 0 aliphatic carbocycles. The molecule has 0 fully saturated rings. The van der Waals surface area contributed by atoms with Gasteiger partial charge in [-0.05, 0) is 30.7 Å². The molecule has 0 saturated carbocycles. The summed E-state index contributed by atoms with van der Waals surface area (Å²) in [6, 6.07) is 4.81. The molecule has 9 heteroatoms. The summed E-state index contributed by atoms with van der Waals surface area (Å²) in [7, 11) is -1.40. The van der Waals surface area contributed by atoms with Crippen molar-refractivity contribution in [2.45, 2.75) is 18.8 Å². The highest BCUT2D eigenvalue weighted by Crippen LogP contribution is 2.35. The fourth-order valence-electron chi connectivity index (χ4n) is 2.61. The van der Waals surface area contributed by atoms with Crippen LogP contribution in [0.25, 0.3) is 0 Å². The van der Waals surface area contributed by atoms with Crippen LogP contribution in [0.2, 0.25) is 0 Å². The molecule has 2 aliphatic rings. The van der Waals surface area contributed by atoms with Crippen molar-refractivity contribution in [3.63, 3.8) is 0 Å². The maximum Gasteiger partial charge on any atom is 0.416 e. The highest BCUT2D eigenvalue weighted by atomic mass is 35.5. The smallest absolute Gasteiger partial charge is 0.325 e. The Morgan fingerprint density at radius 3 is 2.54 bits per heavy atom. The maximum atomic E-state index is 12.7. The fraction of sp³-hybridized carbons (Fsp3) is 0.333. The van der Waals surface area contributed by atoms with Crippen LogP contribution >= 0.6 is 11.6 Å². The first-order valence-corrected chi connectivity index (χ1v) is 8.98. The molecule has 1 aromatic carbocycles. The first-order chi connectivity index (χ1) is 11.3. The Morgan fingerprint density at radius 1 is 1.29 bits per heavy atom. The summed E-state index contributed by atoms with van der Waals surface area (Å²) in [5.41, 5.74) is -0.170. The summed E-state index contributed by atoms with van der Waals surface area (Å²) in [5.74, 6) is -0.216. The van der Waals surface area contributed by atoms with Crippen molar-refractivity contribution in [2.75, 3.05) is 11.2 Å². The second kappa shape index (κ2) is 6.33. The summed E-state index contributed by atoms with van der Waals surface area (Å²) < 4.78 is 49.8. The number of fused-ring (bicyclic) bond motifs is 1. The zero-order chi connectivity index (χ0) is 17.5. The van der Waals surface area contributed by atoms with Crippen molar-refractivity contribution < 1.29 is 17.4 Å². The first kappa shape index (κ1) is 17.2. The molecule has 0 radical (unpaired) electrons. The van der Waals surface area contributed by atoms with Gasteiger partial charge in [0.1, 0.15) is 11.3 Å². The Bertz CT molecular complexity index is 758. The highest BCUT2D eigenvalue weighted by molar-refractivity contribution is 8.00. The molecule has 0 N–H and O–H groups in total. The van der Waals surface area contributed by atoms with Gasteiger partial charge in [0, 0.05) is 18.1 Å². The molecule has 3 rings (SSSR count). The van der Waals surface area contributed by atoms with Crippen LogP contribution in [0, 0.1) is 5.92 Å². The Morgan fingerprint density at radius 2 is 1.96 bits per heavy atom. The quantitative estimate of drug-likeness (QED) is 0.750. The van der Waals surface area contributed by atoms with E-state index in [1.807, 2.05) is 6.08 Å². The van der Waals surface area contributed by atoms with E-state index >= 15 is 0 Å². The van der Waals surface area contributed by atoms with E-state index in [1.165, 1.54) is 18.4 Å². The van der Waals surface area contributed by atoms with E-state index < -0.39 is 28.7 Å². The maximum absolute atomic E-state index is 12.7. The van der Waals surface area contributed by atoms with Crippen LogP contribution < -0.4 is 4.90 Å². The topological polar surface area (TPSA) is 45.0 Å². The van der Waals surface area contributed by atoms with E-state index in [2.05, 4.69) is 9.98 Å². The Hall–Kier alpha value is -1.67. The van der Waals surface area contributed by atoms with Crippen LogP contribution in [0.3, 0.4) is 0 Å². The summed E-state index contributed by atoms with van der Waals surface area (Å²) in [6.07, 6.45) is 0.810. The van der Waals surface area contributed by atoms with Crippen molar-refractivity contribution in [1.82, 2.24) is 0 Å². The number of rotatable bonds is 1. The second-order valence-corrected chi connectivity index (χ2v) is 7.05. The molecule has 2 aliphatic heterocycles. The predicted octanol–water partition coefficient (Wildman–Crippen LogP) is 3.76. The van der Waals surface area contributed by atoms with Crippen LogP contribution in [-0.2, 0) is 17.0 Å². The van der Waals surface area contributed by atoms with Gasteiger partial charge in [0.15, 0.2) is 0 Å². The number of benzene rings is 1. The predicted molar refractivity (Wildman–Crippen MR) is 89.7 cm³/mol. The summed E-state index contributed by atoms with van der Waals surface area (Å²) in [6.45, 7) is 0. The Balaban J connectivity index is 1.96. The zero-order valence-electron chi connectivity index (χ0n) is 12.5. The molecule has 0 saturated heterocycles. The van der Waals surface area contributed by atoms with Gasteiger partial charge in [0.2, 0.25) is 5.17 Å². The van der Waals surface area contributed by atoms with E-state index in [9.17, 15) is 17.4 Å². The minimum atomic E-state index is -4.38. The third kappa shape index (κ3) is 3.25. The average molecular weight is 376 g/mol. The number of aliphatic imine (C=N–C) groups is 2. The molecular formula is C15H13ClF3N3OS. The van der Waals surface area contributed by atoms with Gasteiger partial charge in [0.25, 0.3) is 0 Å². The lowest BCUT2D eigenvalue weighted by Gasteiger charge is -2.37. The van der Waals surface area contributed by atoms with Gasteiger partial charge < -0.3 is 4.90 Å². The van der Waals surface area contributed by atoms with Gasteiger partial charge in [0.05, 0.1) is 22.3 Å². The Kier molecular flexibility index (Phi) is 4.52. The van der Waals surface area contributed by atoms with Crippen molar-refractivity contribution in [3.05, 3.63) is 42.1 Å². The minimum absolute atomic E-state index is 0.133. The van der Waals surface area contributed by atoms with E-state index in [-0.39, 0.29) is 11.1 Å². The summed E-state index contributed by atoms with van der Waals surface area (Å²) in [5, 5.41) is 0.440. The second-order valence-electron chi connectivity index (χ2n) is 5.39. The third-order valence-corrected chi connectivity index (χ3v) is 4.88. The van der Waals surface area contributed by atoms with Crippen molar-refractivity contribution in [1.29, 1.82) is 0 Å². The first-order valence-electron chi connectivity index (χ1n) is 7.05. The molecule has 0 spiro atoms. The molecule has 4 nitrogen and oxygen atoms in total. The minimum Gasteiger partial charge on any atom is -0.325 e. The van der Waals surface area contributed by atoms with Crippen LogP contribution in [0.5, 0.6) is 0 Å². The van der Waals surface area contributed by atoms with Gasteiger partial charge in [-0.25, -0.2) is 9.98 Å². The molecule has 3 atom stereocenters. The van der Waals surface area contributed by atoms with Crippen molar-refractivity contribution in [2.24, 2.45) is 15.9 Å². The molecule has 0 amide bonds. The van der Waals surface area contributed by atoms with Crippen LogP contribution in [0.1, 0.15) is 12.0 Å². The fourth-order valence-corrected chi connectivity index (χ4v) is 3.43. The van der Waals surface area contributed by atoms with E-state index in [1.54, 1.807) is 11.1 Å². The molecule has 3 unspecified atom stereocenters. The number of amidine groups is 1. The lowest BCUT2D eigenvalue weighted by Crippen LogP contribution is -2.43. The van der Waals surface area contributed by atoms with Crippen LogP contribution in [0.4, 0.5) is 18.9 Å².